The number of piperidine rings is 1. The molecule has 1 saturated heterocycles. The average molecular weight is 239 g/mol. The largest absolute Gasteiger partial charge is 0.378 e. The number of hydrogen-bond acceptors (Lipinski definition) is 3. The maximum atomic E-state index is 5.82. The van der Waals surface area contributed by atoms with Gasteiger partial charge in [-0.1, -0.05) is 6.92 Å². The van der Waals surface area contributed by atoms with Gasteiger partial charge in [0.2, 0.25) is 0 Å². The highest BCUT2D eigenvalue weighted by atomic mass is 32.1. The van der Waals surface area contributed by atoms with Crippen molar-refractivity contribution < 1.29 is 4.74 Å². The molecule has 1 aromatic rings. The first kappa shape index (κ1) is 12.1. The van der Waals surface area contributed by atoms with Crippen molar-refractivity contribution in [2.24, 2.45) is 0 Å². The Hall–Kier alpha value is -0.380. The first-order valence-corrected chi connectivity index (χ1v) is 6.99. The lowest BCUT2D eigenvalue weighted by molar-refractivity contribution is -0.0329. The van der Waals surface area contributed by atoms with Crippen molar-refractivity contribution in [2.75, 3.05) is 20.2 Å². The molecular weight excluding hydrogens is 218 g/mol. The highest BCUT2D eigenvalue weighted by Gasteiger charge is 2.32. The fourth-order valence-corrected chi connectivity index (χ4v) is 3.57. The number of ether oxygens (including phenoxy) is 1. The van der Waals surface area contributed by atoms with E-state index in [1.54, 1.807) is 0 Å². The minimum absolute atomic E-state index is 0.0834. The highest BCUT2D eigenvalue weighted by Crippen LogP contribution is 2.30. The minimum Gasteiger partial charge on any atom is -0.378 e. The van der Waals surface area contributed by atoms with Gasteiger partial charge in [0.05, 0.1) is 5.60 Å². The lowest BCUT2D eigenvalue weighted by atomic mass is 9.87. The van der Waals surface area contributed by atoms with Gasteiger partial charge in [0, 0.05) is 18.4 Å². The van der Waals surface area contributed by atoms with E-state index < -0.39 is 0 Å². The van der Waals surface area contributed by atoms with Crippen LogP contribution in [-0.2, 0) is 17.6 Å². The number of thiophene rings is 1. The van der Waals surface area contributed by atoms with Gasteiger partial charge in [0.1, 0.15) is 0 Å². The number of hydrogen-bond donors (Lipinski definition) is 1. The standard InChI is InChI=1S/C13H21NOS/c1-3-11-4-9-16-12(11)10-13(15-2)5-7-14-8-6-13/h4,9,14H,3,5-8,10H2,1-2H3. The van der Waals surface area contributed by atoms with Gasteiger partial charge in [-0.15, -0.1) is 11.3 Å². The van der Waals surface area contributed by atoms with Crippen molar-refractivity contribution in [1.82, 2.24) is 5.32 Å². The summed E-state index contributed by atoms with van der Waals surface area (Å²) >= 11 is 1.88. The Bertz CT molecular complexity index is 328. The van der Waals surface area contributed by atoms with Crippen LogP contribution in [0.1, 0.15) is 30.2 Å². The second-order valence-electron chi connectivity index (χ2n) is 4.54. The first-order valence-electron chi connectivity index (χ1n) is 6.11. The number of rotatable bonds is 4. The average Bonchev–Trinajstić information content (AvgIpc) is 2.77. The van der Waals surface area contributed by atoms with Crippen LogP contribution < -0.4 is 5.32 Å². The summed E-state index contributed by atoms with van der Waals surface area (Å²) < 4.78 is 5.82. The smallest absolute Gasteiger partial charge is 0.0751 e. The first-order chi connectivity index (χ1) is 7.79. The predicted molar refractivity (Wildman–Crippen MR) is 69.2 cm³/mol. The second kappa shape index (κ2) is 5.30. The molecule has 0 atom stereocenters. The van der Waals surface area contributed by atoms with Crippen molar-refractivity contribution >= 4 is 11.3 Å². The van der Waals surface area contributed by atoms with E-state index in [2.05, 4.69) is 23.7 Å². The Balaban J connectivity index is 2.11. The molecule has 2 heterocycles. The molecule has 0 unspecified atom stereocenters. The van der Waals surface area contributed by atoms with Crippen LogP contribution in [-0.4, -0.2) is 25.8 Å². The topological polar surface area (TPSA) is 21.3 Å². The van der Waals surface area contributed by atoms with E-state index in [0.29, 0.717) is 0 Å². The molecule has 1 aromatic heterocycles. The molecule has 1 aliphatic heterocycles. The quantitative estimate of drug-likeness (QED) is 0.872. The van der Waals surface area contributed by atoms with Crippen LogP contribution in [0.5, 0.6) is 0 Å². The molecule has 0 bridgehead atoms. The van der Waals surface area contributed by atoms with Crippen LogP contribution in [0.4, 0.5) is 0 Å². The summed E-state index contributed by atoms with van der Waals surface area (Å²) in [5.74, 6) is 0. The van der Waals surface area contributed by atoms with Gasteiger partial charge in [-0.3, -0.25) is 0 Å². The monoisotopic (exact) mass is 239 g/mol. The third-order valence-corrected chi connectivity index (χ3v) is 4.61. The van der Waals surface area contributed by atoms with Crippen molar-refractivity contribution in [3.05, 3.63) is 21.9 Å². The summed E-state index contributed by atoms with van der Waals surface area (Å²) in [6.45, 7) is 4.40. The van der Waals surface area contributed by atoms with Crippen LogP contribution in [0, 0.1) is 0 Å². The van der Waals surface area contributed by atoms with Crippen molar-refractivity contribution in [3.63, 3.8) is 0 Å². The van der Waals surface area contributed by atoms with Gasteiger partial charge < -0.3 is 10.1 Å². The lowest BCUT2D eigenvalue weighted by Gasteiger charge is -2.36. The van der Waals surface area contributed by atoms with Crippen LogP contribution >= 0.6 is 11.3 Å². The Labute approximate surface area is 102 Å². The van der Waals surface area contributed by atoms with Crippen molar-refractivity contribution in [1.29, 1.82) is 0 Å². The molecular formula is C13H21NOS. The van der Waals surface area contributed by atoms with Crippen molar-refractivity contribution in [3.8, 4) is 0 Å². The third-order valence-electron chi connectivity index (χ3n) is 3.65. The summed E-state index contributed by atoms with van der Waals surface area (Å²) in [6.07, 6.45) is 4.48. The molecule has 2 nitrogen and oxygen atoms in total. The van der Waals surface area contributed by atoms with E-state index in [4.69, 9.17) is 4.74 Å². The SMILES string of the molecule is CCc1ccsc1CC1(OC)CCNCC1. The van der Waals surface area contributed by atoms with Crippen LogP contribution in [0.2, 0.25) is 0 Å². The van der Waals surface area contributed by atoms with Gasteiger partial charge in [-0.05, 0) is 49.4 Å². The Morgan fingerprint density at radius 1 is 1.44 bits per heavy atom. The van der Waals surface area contributed by atoms with Crippen molar-refractivity contribution in [2.45, 2.75) is 38.2 Å². The maximum absolute atomic E-state index is 5.82. The summed E-state index contributed by atoms with van der Waals surface area (Å²) in [5.41, 5.74) is 1.58. The zero-order valence-corrected chi connectivity index (χ0v) is 11.0. The van der Waals surface area contributed by atoms with E-state index >= 15 is 0 Å². The normalized spacial score (nSPS) is 19.9. The molecule has 16 heavy (non-hydrogen) atoms. The van der Waals surface area contributed by atoms with Gasteiger partial charge >= 0.3 is 0 Å². The number of nitrogens with one attached hydrogen (secondary N) is 1. The summed E-state index contributed by atoms with van der Waals surface area (Å²) in [4.78, 5) is 1.52. The Kier molecular flexibility index (Phi) is 4.00. The maximum Gasteiger partial charge on any atom is 0.0751 e. The lowest BCUT2D eigenvalue weighted by Crippen LogP contribution is -2.44. The second-order valence-corrected chi connectivity index (χ2v) is 5.54. The molecule has 3 heteroatoms. The van der Waals surface area contributed by atoms with Crippen LogP contribution in [0.25, 0.3) is 0 Å². The molecule has 0 radical (unpaired) electrons. The minimum atomic E-state index is 0.0834. The zero-order chi connectivity index (χ0) is 11.4. The Morgan fingerprint density at radius 3 is 2.81 bits per heavy atom. The van der Waals surface area contributed by atoms with Gasteiger partial charge in [0.25, 0.3) is 0 Å². The molecule has 0 aliphatic carbocycles. The van der Waals surface area contributed by atoms with Crippen LogP contribution in [0.3, 0.4) is 0 Å². The van der Waals surface area contributed by atoms with Gasteiger partial charge in [0.15, 0.2) is 0 Å². The van der Waals surface area contributed by atoms with Gasteiger partial charge in [-0.2, -0.15) is 0 Å². The van der Waals surface area contributed by atoms with Crippen LogP contribution in [0.15, 0.2) is 11.4 Å². The van der Waals surface area contributed by atoms with E-state index in [0.717, 1.165) is 38.8 Å². The van der Waals surface area contributed by atoms with E-state index in [1.165, 1.54) is 10.4 Å². The molecule has 0 saturated carbocycles. The zero-order valence-electron chi connectivity index (χ0n) is 10.2. The number of methoxy groups -OCH3 is 1. The number of aryl methyl sites for hydroxylation is 1. The molecule has 0 amide bonds. The summed E-state index contributed by atoms with van der Waals surface area (Å²) in [5, 5.41) is 5.61. The Morgan fingerprint density at radius 2 is 2.19 bits per heavy atom. The molecule has 1 aliphatic rings. The highest BCUT2D eigenvalue weighted by molar-refractivity contribution is 7.10. The predicted octanol–water partition coefficient (Wildman–Crippen LogP) is 2.62. The fraction of sp³-hybridized carbons (Fsp3) is 0.692. The fourth-order valence-electron chi connectivity index (χ4n) is 2.47. The molecule has 1 N–H and O–H groups in total. The molecule has 2 rings (SSSR count). The van der Waals surface area contributed by atoms with E-state index in [1.807, 2.05) is 18.4 Å². The third kappa shape index (κ3) is 2.47. The molecule has 90 valence electrons. The summed E-state index contributed by atoms with van der Waals surface area (Å²) in [6, 6.07) is 2.25. The van der Waals surface area contributed by atoms with E-state index in [-0.39, 0.29) is 5.60 Å². The van der Waals surface area contributed by atoms with Gasteiger partial charge in [-0.25, -0.2) is 0 Å². The summed E-state index contributed by atoms with van der Waals surface area (Å²) in [7, 11) is 1.87. The van der Waals surface area contributed by atoms with E-state index in [9.17, 15) is 0 Å². The molecule has 1 fully saturated rings. The molecule has 0 aromatic carbocycles. The molecule has 0 spiro atoms.